The number of pyridine rings is 1. The van der Waals surface area contributed by atoms with Crippen molar-refractivity contribution in [1.82, 2.24) is 10.3 Å². The number of carbonyl (C=O) groups is 1. The molecule has 1 aromatic heterocycles. The van der Waals surface area contributed by atoms with Gasteiger partial charge in [0.2, 0.25) is 0 Å². The molecule has 4 nitrogen and oxygen atoms in total. The monoisotopic (exact) mass is 335 g/mol. The van der Waals surface area contributed by atoms with E-state index in [0.29, 0.717) is 6.20 Å². The number of benzene rings is 1. The molecule has 1 aromatic carbocycles. The Morgan fingerprint density at radius 1 is 1.29 bits per heavy atom. The van der Waals surface area contributed by atoms with Crippen LogP contribution in [0.4, 0.5) is 18.9 Å². The van der Waals surface area contributed by atoms with E-state index in [0.717, 1.165) is 48.5 Å². The number of alkyl halides is 3. The third kappa shape index (κ3) is 3.50. The predicted octanol–water partition coefficient (Wildman–Crippen LogP) is 3.39. The zero-order valence-corrected chi connectivity index (χ0v) is 12.8. The summed E-state index contributed by atoms with van der Waals surface area (Å²) in [4.78, 5) is 15.6. The molecule has 2 heterocycles. The number of nitrogens with one attached hydrogen (secondary N) is 2. The molecule has 24 heavy (non-hydrogen) atoms. The van der Waals surface area contributed by atoms with Crippen molar-refractivity contribution in [2.45, 2.75) is 25.6 Å². The minimum Gasteiger partial charge on any atom is -0.385 e. The number of aromatic nitrogens is 1. The second-order valence-corrected chi connectivity index (χ2v) is 5.62. The number of amides is 1. The van der Waals surface area contributed by atoms with E-state index >= 15 is 0 Å². The quantitative estimate of drug-likeness (QED) is 0.904. The lowest BCUT2D eigenvalue weighted by molar-refractivity contribution is -0.137. The third-order valence-electron chi connectivity index (χ3n) is 3.96. The Hall–Kier alpha value is -2.57. The van der Waals surface area contributed by atoms with E-state index in [1.165, 1.54) is 0 Å². The van der Waals surface area contributed by atoms with Crippen LogP contribution in [-0.4, -0.2) is 17.4 Å². The van der Waals surface area contributed by atoms with Gasteiger partial charge in [-0.15, -0.1) is 0 Å². The predicted molar refractivity (Wildman–Crippen MR) is 83.7 cm³/mol. The van der Waals surface area contributed by atoms with Crippen molar-refractivity contribution in [3.05, 3.63) is 58.9 Å². The van der Waals surface area contributed by atoms with Gasteiger partial charge in [-0.2, -0.15) is 13.2 Å². The maximum atomic E-state index is 12.7. The highest BCUT2D eigenvalue weighted by atomic mass is 19.4. The van der Waals surface area contributed by atoms with Crippen molar-refractivity contribution in [3.63, 3.8) is 0 Å². The molecule has 7 heteroatoms. The van der Waals surface area contributed by atoms with Crippen LogP contribution in [0.5, 0.6) is 0 Å². The number of carbonyl (C=O) groups excluding carboxylic acids is 1. The number of rotatable bonds is 3. The van der Waals surface area contributed by atoms with Crippen molar-refractivity contribution in [2.75, 3.05) is 11.9 Å². The minimum absolute atomic E-state index is 0.104. The molecule has 1 amide bonds. The molecule has 0 saturated carbocycles. The van der Waals surface area contributed by atoms with Gasteiger partial charge in [0.1, 0.15) is 0 Å². The first kappa shape index (κ1) is 16.3. The van der Waals surface area contributed by atoms with Gasteiger partial charge in [-0.1, -0.05) is 12.1 Å². The van der Waals surface area contributed by atoms with Gasteiger partial charge in [0, 0.05) is 31.2 Å². The Balaban J connectivity index is 1.73. The van der Waals surface area contributed by atoms with Crippen LogP contribution in [0.25, 0.3) is 0 Å². The summed E-state index contributed by atoms with van der Waals surface area (Å²) in [6, 6.07) is 6.60. The fourth-order valence-electron chi connectivity index (χ4n) is 2.75. The normalized spacial score (nSPS) is 13.8. The number of nitrogens with zero attached hydrogens (tertiary/aromatic N) is 1. The van der Waals surface area contributed by atoms with Crippen LogP contribution >= 0.6 is 0 Å². The minimum atomic E-state index is -4.52. The topological polar surface area (TPSA) is 54.0 Å². The first-order chi connectivity index (χ1) is 11.4. The van der Waals surface area contributed by atoms with Gasteiger partial charge in [-0.05, 0) is 36.1 Å². The van der Waals surface area contributed by atoms with Crippen LogP contribution in [0, 0.1) is 0 Å². The van der Waals surface area contributed by atoms with E-state index in [1.807, 2.05) is 18.2 Å². The highest BCUT2D eigenvalue weighted by Crippen LogP contribution is 2.29. The second kappa shape index (κ2) is 6.51. The summed E-state index contributed by atoms with van der Waals surface area (Å²) in [5.74, 6) is -0.574. The highest BCUT2D eigenvalue weighted by Gasteiger charge is 2.31. The fraction of sp³-hybridized carbons (Fsp3) is 0.294. The van der Waals surface area contributed by atoms with Gasteiger partial charge in [0.15, 0.2) is 0 Å². The van der Waals surface area contributed by atoms with Crippen LogP contribution < -0.4 is 10.6 Å². The lowest BCUT2D eigenvalue weighted by atomic mass is 9.97. The standard InChI is InChI=1S/C17H16F3N3O/c18-17(19,20)13-7-12(8-21-10-13)16(24)23-9-11-3-1-5-15-14(11)4-2-6-22-15/h1,3,5,7-8,10,22H,2,4,6,9H2,(H,23,24). The summed E-state index contributed by atoms with van der Waals surface area (Å²) in [5, 5.41) is 5.97. The summed E-state index contributed by atoms with van der Waals surface area (Å²) < 4.78 is 38.1. The Morgan fingerprint density at radius 3 is 2.92 bits per heavy atom. The number of hydrogen-bond donors (Lipinski definition) is 2. The molecule has 0 spiro atoms. The highest BCUT2D eigenvalue weighted by molar-refractivity contribution is 5.94. The van der Waals surface area contributed by atoms with E-state index in [-0.39, 0.29) is 12.1 Å². The Bertz CT molecular complexity index is 759. The molecule has 0 fully saturated rings. The molecular formula is C17H16F3N3O. The largest absolute Gasteiger partial charge is 0.417 e. The molecule has 3 rings (SSSR count). The van der Waals surface area contributed by atoms with Crippen molar-refractivity contribution in [2.24, 2.45) is 0 Å². The van der Waals surface area contributed by atoms with Gasteiger partial charge in [0.25, 0.3) is 5.91 Å². The molecular weight excluding hydrogens is 319 g/mol. The summed E-state index contributed by atoms with van der Waals surface area (Å²) in [6.07, 6.45) is -0.759. The lowest BCUT2D eigenvalue weighted by Gasteiger charge is -2.21. The molecule has 126 valence electrons. The van der Waals surface area contributed by atoms with Crippen molar-refractivity contribution >= 4 is 11.6 Å². The molecule has 0 bridgehead atoms. The van der Waals surface area contributed by atoms with Crippen LogP contribution in [0.15, 0.2) is 36.7 Å². The van der Waals surface area contributed by atoms with Crippen LogP contribution in [0.2, 0.25) is 0 Å². The molecule has 0 radical (unpaired) electrons. The van der Waals surface area contributed by atoms with E-state index in [1.54, 1.807) is 0 Å². The third-order valence-corrected chi connectivity index (χ3v) is 3.96. The first-order valence-electron chi connectivity index (χ1n) is 7.60. The van der Waals surface area contributed by atoms with Crippen LogP contribution in [-0.2, 0) is 19.1 Å². The van der Waals surface area contributed by atoms with Crippen molar-refractivity contribution in [3.8, 4) is 0 Å². The molecule has 1 aliphatic heterocycles. The molecule has 1 aliphatic rings. The summed E-state index contributed by atoms with van der Waals surface area (Å²) in [7, 11) is 0. The maximum Gasteiger partial charge on any atom is 0.417 e. The van der Waals surface area contributed by atoms with Crippen LogP contribution in [0.3, 0.4) is 0 Å². The zero-order valence-electron chi connectivity index (χ0n) is 12.8. The average Bonchev–Trinajstić information content (AvgIpc) is 2.59. The van der Waals surface area contributed by atoms with E-state index < -0.39 is 17.6 Å². The van der Waals surface area contributed by atoms with Gasteiger partial charge >= 0.3 is 6.18 Å². The Kier molecular flexibility index (Phi) is 4.42. The lowest BCUT2D eigenvalue weighted by Crippen LogP contribution is -2.25. The van der Waals surface area contributed by atoms with Crippen LogP contribution in [0.1, 0.15) is 33.5 Å². The fourth-order valence-corrected chi connectivity index (χ4v) is 2.75. The van der Waals surface area contributed by atoms with Gasteiger partial charge in [-0.3, -0.25) is 9.78 Å². The van der Waals surface area contributed by atoms with Crippen molar-refractivity contribution < 1.29 is 18.0 Å². The first-order valence-corrected chi connectivity index (χ1v) is 7.60. The second-order valence-electron chi connectivity index (χ2n) is 5.62. The Morgan fingerprint density at radius 2 is 2.12 bits per heavy atom. The molecule has 2 aromatic rings. The van der Waals surface area contributed by atoms with E-state index in [9.17, 15) is 18.0 Å². The van der Waals surface area contributed by atoms with Gasteiger partial charge < -0.3 is 10.6 Å². The summed E-state index contributed by atoms with van der Waals surface area (Å²) in [5.41, 5.74) is 2.12. The van der Waals surface area contributed by atoms with E-state index in [2.05, 4.69) is 15.6 Å². The smallest absolute Gasteiger partial charge is 0.385 e. The molecule has 0 unspecified atom stereocenters. The van der Waals surface area contributed by atoms with Gasteiger partial charge in [0.05, 0.1) is 11.1 Å². The van der Waals surface area contributed by atoms with Gasteiger partial charge in [-0.25, -0.2) is 0 Å². The molecule has 0 saturated heterocycles. The van der Waals surface area contributed by atoms with E-state index in [4.69, 9.17) is 0 Å². The Labute approximate surface area is 137 Å². The number of halogens is 3. The summed E-state index contributed by atoms with van der Waals surface area (Å²) >= 11 is 0. The molecule has 0 atom stereocenters. The SMILES string of the molecule is O=C(NCc1cccc2c1CCCN2)c1cncc(C(F)(F)F)c1. The van der Waals surface area contributed by atoms with Crippen molar-refractivity contribution in [1.29, 1.82) is 0 Å². The molecule has 2 N–H and O–H groups in total. The zero-order chi connectivity index (χ0) is 17.2. The number of fused-ring (bicyclic) bond motifs is 1. The average molecular weight is 335 g/mol. The molecule has 0 aliphatic carbocycles. The number of hydrogen-bond acceptors (Lipinski definition) is 3. The maximum absolute atomic E-state index is 12.7. The summed E-state index contributed by atoms with van der Waals surface area (Å²) in [6.45, 7) is 1.18. The number of anilines is 1.